The van der Waals surface area contributed by atoms with Gasteiger partial charge in [-0.2, -0.15) is 0 Å². The fourth-order valence-electron chi connectivity index (χ4n) is 3.16. The van der Waals surface area contributed by atoms with Crippen LogP contribution in [0.25, 0.3) is 0 Å². The number of benzene rings is 2. The van der Waals surface area contributed by atoms with Gasteiger partial charge in [0.15, 0.2) is 11.5 Å². The first kappa shape index (κ1) is 26.0. The van der Waals surface area contributed by atoms with E-state index in [9.17, 15) is 9.59 Å². The molecule has 0 saturated carbocycles. The van der Waals surface area contributed by atoms with Crippen LogP contribution in [-0.2, 0) is 16.0 Å². The summed E-state index contributed by atoms with van der Waals surface area (Å²) < 4.78 is 16.3. The Morgan fingerprint density at radius 2 is 1.67 bits per heavy atom. The van der Waals surface area contributed by atoms with Gasteiger partial charge in [-0.1, -0.05) is 12.1 Å². The number of likely N-dealkylation sites (N-methyl/N-ethyl adjacent to an activating group) is 1. The SMILES string of the molecule is CCOc1ccc(NC(=O)CN(C)C(C)C(=O)NCCc2ccc(OC)cc2)cc1OCC. The fourth-order valence-corrected chi connectivity index (χ4v) is 3.16. The molecule has 2 aromatic rings. The van der Waals surface area contributed by atoms with E-state index in [1.807, 2.05) is 38.1 Å². The minimum Gasteiger partial charge on any atom is -0.497 e. The molecular weight excluding hydrogens is 422 g/mol. The van der Waals surface area contributed by atoms with Crippen molar-refractivity contribution < 1.29 is 23.8 Å². The molecule has 33 heavy (non-hydrogen) atoms. The predicted molar refractivity (Wildman–Crippen MR) is 129 cm³/mol. The van der Waals surface area contributed by atoms with Gasteiger partial charge >= 0.3 is 0 Å². The average molecular weight is 458 g/mol. The Morgan fingerprint density at radius 3 is 2.30 bits per heavy atom. The van der Waals surface area contributed by atoms with Gasteiger partial charge in [0.1, 0.15) is 5.75 Å². The number of nitrogens with one attached hydrogen (secondary N) is 2. The number of ether oxygens (including phenoxy) is 3. The Labute approximate surface area is 196 Å². The lowest BCUT2D eigenvalue weighted by Gasteiger charge is -2.23. The van der Waals surface area contributed by atoms with Crippen LogP contribution in [0.4, 0.5) is 5.69 Å². The number of carbonyl (C=O) groups is 2. The summed E-state index contributed by atoms with van der Waals surface area (Å²) in [4.78, 5) is 26.7. The number of hydrogen-bond donors (Lipinski definition) is 2. The maximum atomic E-state index is 12.5. The van der Waals surface area contributed by atoms with Crippen LogP contribution in [0.2, 0.25) is 0 Å². The van der Waals surface area contributed by atoms with Crippen LogP contribution in [-0.4, -0.2) is 63.2 Å². The zero-order chi connectivity index (χ0) is 24.2. The van der Waals surface area contributed by atoms with Gasteiger partial charge in [0, 0.05) is 18.3 Å². The third-order valence-corrected chi connectivity index (χ3v) is 5.13. The summed E-state index contributed by atoms with van der Waals surface area (Å²) in [6, 6.07) is 12.6. The minimum atomic E-state index is -0.453. The highest BCUT2D eigenvalue weighted by atomic mass is 16.5. The Morgan fingerprint density at radius 1 is 1.00 bits per heavy atom. The van der Waals surface area contributed by atoms with E-state index in [4.69, 9.17) is 14.2 Å². The number of nitrogens with zero attached hydrogens (tertiary/aromatic N) is 1. The molecule has 1 unspecified atom stereocenters. The lowest BCUT2D eigenvalue weighted by atomic mass is 10.1. The summed E-state index contributed by atoms with van der Waals surface area (Å²) in [7, 11) is 3.38. The largest absolute Gasteiger partial charge is 0.497 e. The molecule has 2 aromatic carbocycles. The van der Waals surface area contributed by atoms with Gasteiger partial charge in [-0.05, 0) is 64.1 Å². The molecular formula is C25H35N3O5. The highest BCUT2D eigenvalue weighted by molar-refractivity contribution is 5.93. The second-order valence-corrected chi connectivity index (χ2v) is 7.56. The zero-order valence-corrected chi connectivity index (χ0v) is 20.1. The van der Waals surface area contributed by atoms with Gasteiger partial charge in [0.2, 0.25) is 11.8 Å². The Bertz CT molecular complexity index is 901. The summed E-state index contributed by atoms with van der Waals surface area (Å²) in [6.07, 6.45) is 0.715. The monoisotopic (exact) mass is 457 g/mol. The maximum absolute atomic E-state index is 12.5. The molecule has 0 aromatic heterocycles. The van der Waals surface area contributed by atoms with Crippen LogP contribution >= 0.6 is 0 Å². The predicted octanol–water partition coefficient (Wildman–Crippen LogP) is 3.11. The molecule has 0 aliphatic heterocycles. The molecule has 2 amide bonds. The summed E-state index contributed by atoms with van der Waals surface area (Å²) in [5.41, 5.74) is 1.72. The summed E-state index contributed by atoms with van der Waals surface area (Å²) in [5.74, 6) is 1.67. The molecule has 1 atom stereocenters. The van der Waals surface area contributed by atoms with Crippen molar-refractivity contribution in [2.45, 2.75) is 33.2 Å². The topological polar surface area (TPSA) is 89.1 Å². The lowest BCUT2D eigenvalue weighted by molar-refractivity contribution is -0.126. The standard InChI is InChI=1S/C25H35N3O5/c1-6-32-22-13-10-20(16-23(22)33-7-2)27-24(29)17-28(4)18(3)25(30)26-15-14-19-8-11-21(31-5)12-9-19/h8-13,16,18H,6-7,14-15,17H2,1-5H3,(H,26,30)(H,27,29). The second kappa shape index (κ2) is 13.3. The first-order chi connectivity index (χ1) is 15.9. The molecule has 0 bridgehead atoms. The number of hydrogen-bond acceptors (Lipinski definition) is 6. The Balaban J connectivity index is 1.82. The molecule has 8 heteroatoms. The van der Waals surface area contributed by atoms with Gasteiger partial charge in [-0.3, -0.25) is 14.5 Å². The van der Waals surface area contributed by atoms with E-state index >= 15 is 0 Å². The molecule has 2 rings (SSSR count). The maximum Gasteiger partial charge on any atom is 0.238 e. The minimum absolute atomic E-state index is 0.0737. The highest BCUT2D eigenvalue weighted by Crippen LogP contribution is 2.30. The molecule has 180 valence electrons. The van der Waals surface area contributed by atoms with E-state index in [0.717, 1.165) is 11.3 Å². The summed E-state index contributed by atoms with van der Waals surface area (Å²) in [6.45, 7) is 7.17. The number of amides is 2. The van der Waals surface area contributed by atoms with Gasteiger partial charge in [-0.25, -0.2) is 0 Å². The fraction of sp³-hybridized carbons (Fsp3) is 0.440. The van der Waals surface area contributed by atoms with Crippen molar-refractivity contribution in [3.05, 3.63) is 48.0 Å². The van der Waals surface area contributed by atoms with E-state index in [2.05, 4.69) is 10.6 Å². The molecule has 0 aliphatic carbocycles. The summed E-state index contributed by atoms with van der Waals surface area (Å²) in [5, 5.41) is 5.78. The van der Waals surface area contributed by atoms with E-state index in [1.165, 1.54) is 0 Å². The molecule has 2 N–H and O–H groups in total. The van der Waals surface area contributed by atoms with Crippen molar-refractivity contribution in [2.24, 2.45) is 0 Å². The molecule has 0 fully saturated rings. The quantitative estimate of drug-likeness (QED) is 0.481. The van der Waals surface area contributed by atoms with Crippen LogP contribution in [0.5, 0.6) is 17.2 Å². The number of methoxy groups -OCH3 is 1. The van der Waals surface area contributed by atoms with Crippen molar-refractivity contribution in [3.63, 3.8) is 0 Å². The number of rotatable bonds is 13. The molecule has 8 nitrogen and oxygen atoms in total. The Kier molecular flexibility index (Phi) is 10.5. The zero-order valence-electron chi connectivity index (χ0n) is 20.1. The number of carbonyl (C=O) groups excluding carboxylic acids is 2. The van der Waals surface area contributed by atoms with E-state index in [-0.39, 0.29) is 18.4 Å². The van der Waals surface area contributed by atoms with Gasteiger partial charge < -0.3 is 24.8 Å². The second-order valence-electron chi connectivity index (χ2n) is 7.56. The molecule has 0 heterocycles. The van der Waals surface area contributed by atoms with E-state index in [0.29, 0.717) is 43.4 Å². The third-order valence-electron chi connectivity index (χ3n) is 5.13. The van der Waals surface area contributed by atoms with Gasteiger partial charge in [0.25, 0.3) is 0 Å². The van der Waals surface area contributed by atoms with Crippen molar-refractivity contribution in [3.8, 4) is 17.2 Å². The molecule has 0 radical (unpaired) electrons. The van der Waals surface area contributed by atoms with E-state index in [1.54, 1.807) is 44.2 Å². The van der Waals surface area contributed by atoms with Gasteiger partial charge in [-0.15, -0.1) is 0 Å². The van der Waals surface area contributed by atoms with Crippen molar-refractivity contribution in [1.82, 2.24) is 10.2 Å². The van der Waals surface area contributed by atoms with Crippen molar-refractivity contribution in [1.29, 1.82) is 0 Å². The lowest BCUT2D eigenvalue weighted by Crippen LogP contribution is -2.46. The van der Waals surface area contributed by atoms with Crippen molar-refractivity contribution in [2.75, 3.05) is 45.8 Å². The first-order valence-corrected chi connectivity index (χ1v) is 11.2. The van der Waals surface area contributed by atoms with Crippen LogP contribution in [0.1, 0.15) is 26.3 Å². The number of anilines is 1. The molecule has 0 aliphatic rings. The third kappa shape index (κ3) is 8.31. The first-order valence-electron chi connectivity index (χ1n) is 11.2. The van der Waals surface area contributed by atoms with Crippen LogP contribution < -0.4 is 24.8 Å². The molecule has 0 spiro atoms. The molecule has 0 saturated heterocycles. The van der Waals surface area contributed by atoms with E-state index < -0.39 is 6.04 Å². The smallest absolute Gasteiger partial charge is 0.238 e. The Hall–Kier alpha value is -3.26. The van der Waals surface area contributed by atoms with Crippen LogP contribution in [0.15, 0.2) is 42.5 Å². The van der Waals surface area contributed by atoms with Crippen molar-refractivity contribution >= 4 is 17.5 Å². The van der Waals surface area contributed by atoms with Crippen LogP contribution in [0, 0.1) is 0 Å². The van der Waals surface area contributed by atoms with Crippen LogP contribution in [0.3, 0.4) is 0 Å². The highest BCUT2D eigenvalue weighted by Gasteiger charge is 2.20. The summed E-state index contributed by atoms with van der Waals surface area (Å²) >= 11 is 0. The normalized spacial score (nSPS) is 11.6. The average Bonchev–Trinajstić information content (AvgIpc) is 2.80. The van der Waals surface area contributed by atoms with Gasteiger partial charge in [0.05, 0.1) is 32.9 Å².